The summed E-state index contributed by atoms with van der Waals surface area (Å²) in [5, 5.41) is 46.2. The number of thioether (sulfide) groups is 1. The van der Waals surface area contributed by atoms with Gasteiger partial charge in [-0.3, -0.25) is 24.1 Å². The van der Waals surface area contributed by atoms with Crippen LogP contribution < -0.4 is 5.73 Å². The van der Waals surface area contributed by atoms with Gasteiger partial charge in [-0.25, -0.2) is 0 Å². The third-order valence-corrected chi connectivity index (χ3v) is 10.6. The fourth-order valence-corrected chi connectivity index (χ4v) is 8.77. The monoisotopic (exact) mass is 600 g/mol. The molecule has 0 aliphatic heterocycles. The number of Topliss-reactive ketones (excluding diaryl/α,β-unsaturated/α-hetero) is 2. The van der Waals surface area contributed by atoms with E-state index in [4.69, 9.17) is 10.5 Å². The molecule has 6 atom stereocenters. The summed E-state index contributed by atoms with van der Waals surface area (Å²) in [6, 6.07) is 3.31. The van der Waals surface area contributed by atoms with Gasteiger partial charge in [0.15, 0.2) is 11.4 Å². The molecule has 0 aromatic heterocycles. The lowest BCUT2D eigenvalue weighted by Gasteiger charge is -2.54. The molecule has 12 heteroatoms. The topological polar surface area (TPSA) is 188 Å². The van der Waals surface area contributed by atoms with Gasteiger partial charge in [0.05, 0.1) is 17.5 Å². The van der Waals surface area contributed by atoms with Gasteiger partial charge in [0.2, 0.25) is 5.78 Å². The lowest BCUT2D eigenvalue weighted by molar-refractivity contribution is -0.185. The number of nitrogens with zero attached hydrogens (tertiary/aromatic N) is 1. The predicted octanol–water partition coefficient (Wildman–Crippen LogP) is 2.11. The third kappa shape index (κ3) is 4.42. The molecule has 1 amide bonds. The van der Waals surface area contributed by atoms with Crippen LogP contribution in [0.4, 0.5) is 0 Å². The Morgan fingerprint density at radius 1 is 1.14 bits per heavy atom. The van der Waals surface area contributed by atoms with Crippen LogP contribution in [0.3, 0.4) is 0 Å². The van der Waals surface area contributed by atoms with E-state index in [0.29, 0.717) is 16.6 Å². The standard InChI is InChI=1S/C30H36N2O9S/c1-4-17(34)41-26-19-15(12-42-13-8-5-6-9-13)14-10-7-11-16(33)18(14)24(35)20(19)27(37)30(40)22(26)23(32(2)3)25(36)21(28(30)38)29(31)39/h7,10-11,13,15,19,22-23,26,33,35,38,40H,4-6,8-9,12H2,1-3H3,(H2,31,39)/t15-,19?,22?,23-,26?,30-/m0/s1. The van der Waals surface area contributed by atoms with Gasteiger partial charge in [-0.15, -0.1) is 0 Å². The van der Waals surface area contributed by atoms with Crippen molar-refractivity contribution in [2.75, 3.05) is 19.8 Å². The summed E-state index contributed by atoms with van der Waals surface area (Å²) in [7, 11) is 3.00. The normalized spacial score (nSPS) is 31.2. The van der Waals surface area contributed by atoms with E-state index in [1.807, 2.05) is 0 Å². The number of likely N-dealkylation sites (N-methyl/N-ethyl adjacent to an activating group) is 1. The van der Waals surface area contributed by atoms with E-state index in [1.54, 1.807) is 30.8 Å². The zero-order valence-corrected chi connectivity index (χ0v) is 24.5. The number of fused-ring (bicyclic) bond motifs is 3. The van der Waals surface area contributed by atoms with Crippen LogP contribution in [0.15, 0.2) is 35.1 Å². The number of hydrogen-bond acceptors (Lipinski definition) is 11. The number of rotatable bonds is 7. The van der Waals surface area contributed by atoms with Gasteiger partial charge in [0.25, 0.3) is 5.91 Å². The van der Waals surface area contributed by atoms with Crippen LogP contribution >= 0.6 is 11.8 Å². The van der Waals surface area contributed by atoms with E-state index >= 15 is 0 Å². The molecular formula is C30H36N2O9S. The quantitative estimate of drug-likeness (QED) is 0.228. The number of aliphatic hydroxyl groups excluding tert-OH is 2. The van der Waals surface area contributed by atoms with E-state index < -0.39 is 76.0 Å². The molecule has 1 aromatic carbocycles. The predicted molar refractivity (Wildman–Crippen MR) is 154 cm³/mol. The zero-order valence-electron chi connectivity index (χ0n) is 23.7. The average Bonchev–Trinajstić information content (AvgIpc) is 3.45. The summed E-state index contributed by atoms with van der Waals surface area (Å²) in [5.74, 6) is -9.03. The molecular weight excluding hydrogens is 564 g/mol. The van der Waals surface area contributed by atoms with Crippen molar-refractivity contribution >= 4 is 41.0 Å². The fraction of sp³-hybridized carbons (Fsp3) is 0.533. The van der Waals surface area contributed by atoms with Crippen molar-refractivity contribution in [2.45, 2.75) is 67.9 Å². The molecule has 2 saturated carbocycles. The van der Waals surface area contributed by atoms with Crippen LogP contribution in [-0.4, -0.2) is 91.6 Å². The minimum atomic E-state index is -2.95. The van der Waals surface area contributed by atoms with Crippen molar-refractivity contribution in [3.05, 3.63) is 46.2 Å². The molecule has 6 N–H and O–H groups in total. The van der Waals surface area contributed by atoms with Gasteiger partial charge in [-0.1, -0.05) is 31.9 Å². The first kappa shape index (κ1) is 30.1. The molecule has 0 saturated heterocycles. The highest BCUT2D eigenvalue weighted by Gasteiger charge is 2.69. The maximum absolute atomic E-state index is 14.4. The average molecular weight is 601 g/mol. The molecule has 1 aromatic rings. The van der Waals surface area contributed by atoms with Gasteiger partial charge >= 0.3 is 5.97 Å². The molecule has 4 aliphatic rings. The van der Waals surface area contributed by atoms with E-state index in [-0.39, 0.29) is 23.3 Å². The molecule has 2 fully saturated rings. The van der Waals surface area contributed by atoms with Crippen LogP contribution in [0.2, 0.25) is 0 Å². The van der Waals surface area contributed by atoms with E-state index in [0.717, 1.165) is 25.7 Å². The van der Waals surface area contributed by atoms with Crippen molar-refractivity contribution in [1.29, 1.82) is 0 Å². The number of aromatic hydroxyl groups is 1. The van der Waals surface area contributed by atoms with Crippen molar-refractivity contribution < 1.29 is 44.3 Å². The van der Waals surface area contributed by atoms with Gasteiger partial charge in [0, 0.05) is 34.8 Å². The van der Waals surface area contributed by atoms with Gasteiger partial charge in [-0.05, 0) is 38.6 Å². The Bertz CT molecular complexity index is 1410. The first-order valence-electron chi connectivity index (χ1n) is 14.1. The lowest BCUT2D eigenvalue weighted by atomic mass is 9.54. The molecule has 3 unspecified atom stereocenters. The number of benzene rings is 1. The van der Waals surface area contributed by atoms with E-state index in [2.05, 4.69) is 0 Å². The molecule has 0 spiro atoms. The van der Waals surface area contributed by atoms with Crippen LogP contribution in [0.1, 0.15) is 56.1 Å². The maximum Gasteiger partial charge on any atom is 0.305 e. The largest absolute Gasteiger partial charge is 0.508 e. The second-order valence-corrected chi connectivity index (χ2v) is 13.0. The number of phenolic OH excluding ortho intramolecular Hbond substituents is 1. The van der Waals surface area contributed by atoms with Gasteiger partial charge in [0.1, 0.15) is 28.9 Å². The lowest BCUT2D eigenvalue weighted by Crippen LogP contribution is -2.71. The number of nitrogens with two attached hydrogens (primary N) is 1. The second-order valence-electron chi connectivity index (χ2n) is 11.7. The third-order valence-electron chi connectivity index (χ3n) is 9.14. The SMILES string of the molecule is CCC(=O)OC1C2C(=C(O)c3c(O)cccc3[C@@H]2CSC2CCCC2)C(=O)[C@]2(O)C(O)=C(C(N)=O)C(=O)[C@@H](N(C)C)C12. The highest BCUT2D eigenvalue weighted by atomic mass is 32.2. The molecule has 5 rings (SSSR count). The van der Waals surface area contributed by atoms with Crippen LogP contribution in [0.5, 0.6) is 5.75 Å². The summed E-state index contributed by atoms with van der Waals surface area (Å²) in [6.07, 6.45) is 2.77. The first-order chi connectivity index (χ1) is 19.9. The Hall–Kier alpha value is -3.35. The second kappa shape index (κ2) is 11.1. The fourth-order valence-electron chi connectivity index (χ4n) is 7.24. The molecule has 226 valence electrons. The molecule has 0 bridgehead atoms. The molecule has 42 heavy (non-hydrogen) atoms. The number of aliphatic hydroxyl groups is 3. The van der Waals surface area contributed by atoms with E-state index in [9.17, 15) is 39.6 Å². The summed E-state index contributed by atoms with van der Waals surface area (Å²) in [4.78, 5) is 54.7. The van der Waals surface area contributed by atoms with E-state index in [1.165, 1.54) is 25.1 Å². The number of esters is 1. The van der Waals surface area contributed by atoms with Crippen molar-refractivity contribution in [2.24, 2.45) is 17.6 Å². The Morgan fingerprint density at radius 3 is 2.40 bits per heavy atom. The highest BCUT2D eigenvalue weighted by Crippen LogP contribution is 2.58. The highest BCUT2D eigenvalue weighted by molar-refractivity contribution is 7.99. The van der Waals surface area contributed by atoms with Gasteiger partial charge < -0.3 is 30.9 Å². The van der Waals surface area contributed by atoms with Crippen LogP contribution in [0, 0.1) is 11.8 Å². The Labute approximate surface area is 247 Å². The number of carbonyl (C=O) groups is 4. The molecule has 11 nitrogen and oxygen atoms in total. The summed E-state index contributed by atoms with van der Waals surface area (Å²) < 4.78 is 5.96. The van der Waals surface area contributed by atoms with Crippen molar-refractivity contribution in [3.8, 4) is 5.75 Å². The maximum atomic E-state index is 14.4. The minimum absolute atomic E-state index is 0.00591. The number of hydrogen-bond donors (Lipinski definition) is 5. The Kier molecular flexibility index (Phi) is 7.92. The number of primary amides is 1. The summed E-state index contributed by atoms with van der Waals surface area (Å²) in [6.45, 7) is 1.57. The van der Waals surface area contributed by atoms with Gasteiger partial charge in [-0.2, -0.15) is 11.8 Å². The van der Waals surface area contributed by atoms with Crippen molar-refractivity contribution in [3.63, 3.8) is 0 Å². The number of phenols is 1. The number of ether oxygens (including phenoxy) is 1. The number of ketones is 2. The Balaban J connectivity index is 1.80. The van der Waals surface area contributed by atoms with Crippen LogP contribution in [-0.2, 0) is 23.9 Å². The molecule has 0 heterocycles. The first-order valence-corrected chi connectivity index (χ1v) is 15.2. The zero-order chi connectivity index (χ0) is 30.7. The van der Waals surface area contributed by atoms with Crippen molar-refractivity contribution in [1.82, 2.24) is 4.90 Å². The molecule has 0 radical (unpaired) electrons. The smallest absolute Gasteiger partial charge is 0.305 e. The number of amides is 1. The summed E-state index contributed by atoms with van der Waals surface area (Å²) in [5.41, 5.74) is 1.74. The minimum Gasteiger partial charge on any atom is -0.508 e. The number of carbonyl (C=O) groups excluding carboxylic acids is 4. The molecule has 4 aliphatic carbocycles. The Morgan fingerprint density at radius 2 is 1.81 bits per heavy atom. The van der Waals surface area contributed by atoms with Crippen LogP contribution in [0.25, 0.3) is 5.76 Å². The summed E-state index contributed by atoms with van der Waals surface area (Å²) >= 11 is 1.69.